The SMILES string of the molecule is CCOP(=O)(COc1cc(N)c(-c2ccsn2)c2c1CCCC2)OCC. The van der Waals surface area contributed by atoms with Gasteiger partial charge in [0.05, 0.1) is 18.9 Å². The molecule has 1 aliphatic carbocycles. The maximum absolute atomic E-state index is 12.7. The summed E-state index contributed by atoms with van der Waals surface area (Å²) in [4.78, 5) is 0. The molecule has 1 aromatic carbocycles. The zero-order valence-corrected chi connectivity index (χ0v) is 16.9. The minimum absolute atomic E-state index is 0.114. The van der Waals surface area contributed by atoms with Crippen molar-refractivity contribution < 1.29 is 18.3 Å². The summed E-state index contributed by atoms with van der Waals surface area (Å²) >= 11 is 1.42. The van der Waals surface area contributed by atoms with Crippen molar-refractivity contribution in [1.29, 1.82) is 0 Å². The van der Waals surface area contributed by atoms with E-state index in [-0.39, 0.29) is 6.35 Å². The molecule has 2 aromatic rings. The number of hydrogen-bond acceptors (Lipinski definition) is 7. The Morgan fingerprint density at radius 2 is 1.88 bits per heavy atom. The van der Waals surface area contributed by atoms with Crippen molar-refractivity contribution in [3.05, 3.63) is 28.6 Å². The molecular weight excluding hydrogens is 371 g/mol. The number of anilines is 1. The van der Waals surface area contributed by atoms with Crippen LogP contribution in [-0.2, 0) is 26.5 Å². The van der Waals surface area contributed by atoms with E-state index in [2.05, 4.69) is 4.37 Å². The molecule has 6 nitrogen and oxygen atoms in total. The number of benzene rings is 1. The van der Waals surface area contributed by atoms with Gasteiger partial charge in [-0.2, -0.15) is 4.37 Å². The van der Waals surface area contributed by atoms with Gasteiger partial charge in [-0.15, -0.1) is 0 Å². The first-order chi connectivity index (χ1) is 12.6. The van der Waals surface area contributed by atoms with E-state index in [4.69, 9.17) is 19.5 Å². The minimum Gasteiger partial charge on any atom is -0.481 e. The van der Waals surface area contributed by atoms with Gasteiger partial charge in [0.25, 0.3) is 0 Å². The Balaban J connectivity index is 1.93. The number of nitrogens with zero attached hydrogens (tertiary/aromatic N) is 1. The maximum atomic E-state index is 12.7. The van der Waals surface area contributed by atoms with Crippen molar-refractivity contribution in [2.24, 2.45) is 0 Å². The number of ether oxygens (including phenoxy) is 1. The first kappa shape index (κ1) is 19.4. The molecule has 1 heterocycles. The Labute approximate surface area is 158 Å². The molecule has 0 radical (unpaired) electrons. The molecule has 0 aliphatic heterocycles. The lowest BCUT2D eigenvalue weighted by atomic mass is 9.85. The third-order valence-electron chi connectivity index (χ3n) is 4.37. The first-order valence-corrected chi connectivity index (χ1v) is 11.5. The topological polar surface area (TPSA) is 83.7 Å². The van der Waals surface area contributed by atoms with Crippen molar-refractivity contribution >= 4 is 24.8 Å². The molecule has 26 heavy (non-hydrogen) atoms. The van der Waals surface area contributed by atoms with E-state index in [0.717, 1.165) is 42.5 Å². The molecule has 0 saturated heterocycles. The number of aromatic nitrogens is 1. The largest absolute Gasteiger partial charge is 0.481 e. The highest BCUT2D eigenvalue weighted by Crippen LogP contribution is 2.49. The van der Waals surface area contributed by atoms with E-state index < -0.39 is 7.60 Å². The van der Waals surface area contributed by atoms with Crippen molar-refractivity contribution in [2.75, 3.05) is 25.3 Å². The summed E-state index contributed by atoms with van der Waals surface area (Å²) in [5.74, 6) is 0.677. The Hall–Kier alpha value is -1.40. The number of hydrogen-bond donors (Lipinski definition) is 1. The zero-order valence-electron chi connectivity index (χ0n) is 15.2. The average Bonchev–Trinajstić information content (AvgIpc) is 3.14. The van der Waals surface area contributed by atoms with E-state index >= 15 is 0 Å². The van der Waals surface area contributed by atoms with E-state index in [1.165, 1.54) is 17.1 Å². The van der Waals surface area contributed by atoms with Gasteiger partial charge in [0.15, 0.2) is 6.35 Å². The van der Waals surface area contributed by atoms with Gasteiger partial charge < -0.3 is 19.5 Å². The molecule has 1 aromatic heterocycles. The highest BCUT2D eigenvalue weighted by atomic mass is 32.1. The predicted molar refractivity (Wildman–Crippen MR) is 105 cm³/mol. The van der Waals surface area contributed by atoms with E-state index in [1.54, 1.807) is 13.8 Å². The molecule has 0 amide bonds. The first-order valence-electron chi connectivity index (χ1n) is 8.94. The van der Waals surface area contributed by atoms with Gasteiger partial charge in [0.1, 0.15) is 5.75 Å². The van der Waals surface area contributed by atoms with Crippen LogP contribution in [0.3, 0.4) is 0 Å². The molecule has 8 heteroatoms. The highest BCUT2D eigenvalue weighted by Gasteiger charge is 2.27. The standard InChI is InChI=1S/C18H25N2O4PS/c1-3-23-25(21,24-4-2)12-22-17-11-15(19)18(16-9-10-26-20-16)14-8-6-5-7-13(14)17/h9-11H,3-8,12,19H2,1-2H3. The Kier molecular flexibility index (Phi) is 6.35. The summed E-state index contributed by atoms with van der Waals surface area (Å²) in [6.45, 7) is 4.19. The summed E-state index contributed by atoms with van der Waals surface area (Å²) in [5.41, 5.74) is 11.2. The van der Waals surface area contributed by atoms with Gasteiger partial charge >= 0.3 is 7.60 Å². The van der Waals surface area contributed by atoms with Gasteiger partial charge in [-0.25, -0.2) is 0 Å². The van der Waals surface area contributed by atoms with Crippen LogP contribution in [0.25, 0.3) is 11.3 Å². The second-order valence-electron chi connectivity index (χ2n) is 6.11. The van der Waals surface area contributed by atoms with Crippen molar-refractivity contribution in [2.45, 2.75) is 39.5 Å². The summed E-state index contributed by atoms with van der Waals surface area (Å²) in [5, 5.41) is 1.95. The minimum atomic E-state index is -3.27. The monoisotopic (exact) mass is 396 g/mol. The van der Waals surface area contributed by atoms with Crippen LogP contribution in [0.15, 0.2) is 17.5 Å². The van der Waals surface area contributed by atoms with E-state index in [0.29, 0.717) is 24.7 Å². The maximum Gasteiger partial charge on any atom is 0.367 e. The number of nitrogen functional groups attached to an aromatic ring is 1. The third kappa shape index (κ3) is 4.12. The lowest BCUT2D eigenvalue weighted by Crippen LogP contribution is -2.12. The summed E-state index contributed by atoms with van der Waals surface area (Å²) in [6, 6.07) is 3.81. The van der Waals surface area contributed by atoms with Crippen molar-refractivity contribution in [3.8, 4) is 17.0 Å². The third-order valence-corrected chi connectivity index (χ3v) is 6.67. The molecule has 0 bridgehead atoms. The number of nitrogens with two attached hydrogens (primary N) is 1. The van der Waals surface area contributed by atoms with E-state index in [1.807, 2.05) is 17.5 Å². The van der Waals surface area contributed by atoms with Crippen molar-refractivity contribution in [3.63, 3.8) is 0 Å². The highest BCUT2D eigenvalue weighted by molar-refractivity contribution is 7.53. The molecule has 0 unspecified atom stereocenters. The Bertz CT molecular complexity index is 785. The average molecular weight is 396 g/mol. The van der Waals surface area contributed by atoms with Gasteiger partial charge in [-0.1, -0.05) is 0 Å². The van der Waals surface area contributed by atoms with Gasteiger partial charge in [-0.05, 0) is 68.3 Å². The Morgan fingerprint density at radius 3 is 2.50 bits per heavy atom. The lowest BCUT2D eigenvalue weighted by Gasteiger charge is -2.25. The smallest absolute Gasteiger partial charge is 0.367 e. The van der Waals surface area contributed by atoms with Crippen LogP contribution in [-0.4, -0.2) is 23.9 Å². The zero-order chi connectivity index (χ0) is 18.6. The fourth-order valence-electron chi connectivity index (χ4n) is 3.35. The van der Waals surface area contributed by atoms with Crippen LogP contribution < -0.4 is 10.5 Å². The summed E-state index contributed by atoms with van der Waals surface area (Å²) in [6.07, 6.45) is 3.95. The molecule has 0 saturated carbocycles. The number of fused-ring (bicyclic) bond motifs is 1. The summed E-state index contributed by atoms with van der Waals surface area (Å²) in [7, 11) is -3.27. The summed E-state index contributed by atoms with van der Waals surface area (Å²) < 4.78 is 33.7. The fourth-order valence-corrected chi connectivity index (χ4v) is 5.18. The molecule has 1 aliphatic rings. The van der Waals surface area contributed by atoms with Crippen LogP contribution >= 0.6 is 19.1 Å². The quantitative estimate of drug-likeness (QED) is 0.506. The van der Waals surface area contributed by atoms with Crippen molar-refractivity contribution in [1.82, 2.24) is 4.37 Å². The fraction of sp³-hybridized carbons (Fsp3) is 0.500. The molecule has 142 valence electrons. The molecule has 3 rings (SSSR count). The van der Waals surface area contributed by atoms with Crippen LogP contribution in [0.1, 0.15) is 37.8 Å². The van der Waals surface area contributed by atoms with Gasteiger partial charge in [0, 0.05) is 22.7 Å². The normalized spacial score (nSPS) is 14.2. The molecule has 0 spiro atoms. The van der Waals surface area contributed by atoms with Crippen LogP contribution in [0.2, 0.25) is 0 Å². The Morgan fingerprint density at radius 1 is 1.19 bits per heavy atom. The second kappa shape index (κ2) is 8.53. The van der Waals surface area contributed by atoms with Crippen LogP contribution in [0.4, 0.5) is 5.69 Å². The number of rotatable bonds is 8. The van der Waals surface area contributed by atoms with Crippen LogP contribution in [0, 0.1) is 0 Å². The molecule has 0 fully saturated rings. The molecular formula is C18H25N2O4PS. The molecule has 0 atom stereocenters. The van der Waals surface area contributed by atoms with E-state index in [9.17, 15) is 4.57 Å². The predicted octanol–water partition coefficient (Wildman–Crippen LogP) is 4.87. The van der Waals surface area contributed by atoms with Crippen LogP contribution in [0.5, 0.6) is 5.75 Å². The van der Waals surface area contributed by atoms with Gasteiger partial charge in [-0.3, -0.25) is 4.57 Å². The van der Waals surface area contributed by atoms with Gasteiger partial charge in [0.2, 0.25) is 0 Å². The second-order valence-corrected chi connectivity index (χ2v) is 8.77. The lowest BCUT2D eigenvalue weighted by molar-refractivity contribution is 0.196. The molecule has 2 N–H and O–H groups in total.